The van der Waals surface area contributed by atoms with E-state index < -0.39 is 0 Å². The van der Waals surface area contributed by atoms with Gasteiger partial charge in [-0.05, 0) is 49.2 Å². The van der Waals surface area contributed by atoms with Gasteiger partial charge in [0.1, 0.15) is 17.0 Å². The van der Waals surface area contributed by atoms with E-state index in [9.17, 15) is 9.59 Å². The Morgan fingerprint density at radius 3 is 2.41 bits per heavy atom. The van der Waals surface area contributed by atoms with Gasteiger partial charge in [-0.15, -0.1) is 0 Å². The highest BCUT2D eigenvalue weighted by Crippen LogP contribution is 2.26. The van der Waals surface area contributed by atoms with E-state index in [-0.39, 0.29) is 24.4 Å². The van der Waals surface area contributed by atoms with Gasteiger partial charge in [-0.1, -0.05) is 12.1 Å². The molecule has 0 aliphatic carbocycles. The number of hydrogen-bond donors (Lipinski definition) is 0. The normalized spacial score (nSPS) is 10.9. The summed E-state index contributed by atoms with van der Waals surface area (Å²) in [6, 6.07) is 13.1. The number of carbonyl (C=O) groups is 2. The van der Waals surface area contributed by atoms with Gasteiger partial charge >= 0.3 is 0 Å². The number of Topliss-reactive ketones (excluding diaryl/α,β-unsaturated/α-hetero) is 2. The van der Waals surface area contributed by atoms with Gasteiger partial charge in [0.05, 0.1) is 5.69 Å². The predicted octanol–water partition coefficient (Wildman–Crippen LogP) is 4.34. The summed E-state index contributed by atoms with van der Waals surface area (Å²) >= 11 is 0. The lowest BCUT2D eigenvalue weighted by atomic mass is 10.0. The zero-order valence-corrected chi connectivity index (χ0v) is 16.1. The summed E-state index contributed by atoms with van der Waals surface area (Å²) in [6.07, 6.45) is 7.88. The summed E-state index contributed by atoms with van der Waals surface area (Å²) in [7, 11) is 0. The molecule has 6 nitrogen and oxygen atoms in total. The molecule has 6 heteroatoms. The molecule has 4 rings (SSSR count). The number of aromatic nitrogens is 4. The number of nitrogens with zero attached hydrogens (tertiary/aromatic N) is 4. The second-order valence-electron chi connectivity index (χ2n) is 6.84. The monoisotopic (exact) mass is 384 g/mol. The number of hydrogen-bond acceptors (Lipinski definition) is 5. The van der Waals surface area contributed by atoms with Crippen LogP contribution in [0.3, 0.4) is 0 Å². The van der Waals surface area contributed by atoms with Gasteiger partial charge < -0.3 is 0 Å². The lowest BCUT2D eigenvalue weighted by Crippen LogP contribution is -2.07. The van der Waals surface area contributed by atoms with E-state index in [2.05, 4.69) is 15.0 Å². The van der Waals surface area contributed by atoms with Gasteiger partial charge in [0, 0.05) is 43.2 Å². The molecule has 4 aromatic heterocycles. The molecule has 0 unspecified atom stereocenters. The molecular weight excluding hydrogens is 364 g/mol. The zero-order chi connectivity index (χ0) is 20.2. The third kappa shape index (κ3) is 3.82. The molecule has 4 heterocycles. The number of pyridine rings is 3. The van der Waals surface area contributed by atoms with Crippen LogP contribution in [0.1, 0.15) is 45.8 Å². The Bertz CT molecular complexity index is 1180. The molecule has 0 atom stereocenters. The smallest absolute Gasteiger partial charge is 0.183 e. The van der Waals surface area contributed by atoms with Crippen molar-refractivity contribution in [1.82, 2.24) is 19.4 Å². The summed E-state index contributed by atoms with van der Waals surface area (Å²) in [4.78, 5) is 38.2. The third-order valence-corrected chi connectivity index (χ3v) is 4.83. The van der Waals surface area contributed by atoms with Crippen LogP contribution in [0.5, 0.6) is 0 Å². The van der Waals surface area contributed by atoms with Crippen molar-refractivity contribution in [3.05, 3.63) is 84.2 Å². The summed E-state index contributed by atoms with van der Waals surface area (Å²) in [5, 5.41) is 0. The Morgan fingerprint density at radius 1 is 0.897 bits per heavy atom. The quantitative estimate of drug-likeness (QED) is 0.443. The molecular formula is C23H20N4O2. The Labute approximate surface area is 168 Å². The van der Waals surface area contributed by atoms with E-state index >= 15 is 0 Å². The second-order valence-corrected chi connectivity index (χ2v) is 6.84. The first-order valence-corrected chi connectivity index (χ1v) is 9.50. The van der Waals surface area contributed by atoms with Crippen molar-refractivity contribution >= 4 is 17.2 Å². The highest BCUT2D eigenvalue weighted by Gasteiger charge is 2.20. The van der Waals surface area contributed by atoms with Crippen LogP contribution in [0.25, 0.3) is 16.9 Å². The molecule has 0 N–H and O–H groups in total. The summed E-state index contributed by atoms with van der Waals surface area (Å²) in [5.41, 5.74) is 4.09. The minimum Gasteiger partial charge on any atom is -0.299 e. The Kier molecular flexibility index (Phi) is 5.24. The van der Waals surface area contributed by atoms with E-state index in [0.29, 0.717) is 23.5 Å². The van der Waals surface area contributed by atoms with Crippen LogP contribution in [0.15, 0.2) is 67.3 Å². The SMILES string of the molecule is Cc1cccnc1C(=O)CCCC(=O)c1nc2ccccn2c1-c1ccncc1. The van der Waals surface area contributed by atoms with Crippen molar-refractivity contribution in [3.63, 3.8) is 0 Å². The maximum absolute atomic E-state index is 13.0. The molecule has 144 valence electrons. The van der Waals surface area contributed by atoms with E-state index in [4.69, 9.17) is 0 Å². The van der Waals surface area contributed by atoms with E-state index in [1.807, 2.05) is 53.9 Å². The first kappa shape index (κ1) is 18.7. The van der Waals surface area contributed by atoms with E-state index in [1.165, 1.54) is 0 Å². The molecule has 0 fully saturated rings. The average molecular weight is 384 g/mol. The lowest BCUT2D eigenvalue weighted by Gasteiger charge is -2.05. The first-order valence-electron chi connectivity index (χ1n) is 9.50. The van der Waals surface area contributed by atoms with E-state index in [1.54, 1.807) is 24.7 Å². The van der Waals surface area contributed by atoms with Crippen LogP contribution < -0.4 is 0 Å². The van der Waals surface area contributed by atoms with Gasteiger partial charge in [0.2, 0.25) is 0 Å². The Hall–Kier alpha value is -3.67. The number of imidazole rings is 1. The summed E-state index contributed by atoms with van der Waals surface area (Å²) in [5.74, 6) is -0.119. The standard InChI is InChI=1S/C23H20N4O2/c1-16-6-5-12-25-21(16)18(28)7-4-8-19(29)22-23(17-10-13-24-14-11-17)27-15-3-2-9-20(27)26-22/h2-3,5-6,9-15H,4,7-8H2,1H3. The fourth-order valence-corrected chi connectivity index (χ4v) is 3.40. The maximum Gasteiger partial charge on any atom is 0.183 e. The molecule has 0 aromatic carbocycles. The molecule has 0 bridgehead atoms. The molecule has 0 spiro atoms. The number of rotatable bonds is 7. The fourth-order valence-electron chi connectivity index (χ4n) is 3.40. The topological polar surface area (TPSA) is 77.2 Å². The van der Waals surface area contributed by atoms with Crippen molar-refractivity contribution in [3.8, 4) is 11.3 Å². The van der Waals surface area contributed by atoms with Gasteiger partial charge in [-0.2, -0.15) is 0 Å². The van der Waals surface area contributed by atoms with Gasteiger partial charge in [-0.3, -0.25) is 24.0 Å². The zero-order valence-electron chi connectivity index (χ0n) is 16.1. The summed E-state index contributed by atoms with van der Waals surface area (Å²) in [6.45, 7) is 1.86. The van der Waals surface area contributed by atoms with Crippen LogP contribution in [0.2, 0.25) is 0 Å². The molecule has 0 aliphatic heterocycles. The van der Waals surface area contributed by atoms with Gasteiger partial charge in [0.25, 0.3) is 0 Å². The summed E-state index contributed by atoms with van der Waals surface area (Å²) < 4.78 is 1.91. The molecule has 0 saturated heterocycles. The lowest BCUT2D eigenvalue weighted by molar-refractivity contribution is 0.0952. The number of fused-ring (bicyclic) bond motifs is 1. The molecule has 29 heavy (non-hydrogen) atoms. The predicted molar refractivity (Wildman–Crippen MR) is 110 cm³/mol. The molecule has 0 saturated carbocycles. The van der Waals surface area contributed by atoms with Crippen LogP contribution in [-0.4, -0.2) is 30.9 Å². The van der Waals surface area contributed by atoms with Crippen LogP contribution in [0, 0.1) is 6.92 Å². The first-order chi connectivity index (χ1) is 14.1. The molecule has 0 amide bonds. The third-order valence-electron chi connectivity index (χ3n) is 4.83. The highest BCUT2D eigenvalue weighted by molar-refractivity contribution is 6.01. The van der Waals surface area contributed by atoms with Crippen LogP contribution >= 0.6 is 0 Å². The highest BCUT2D eigenvalue weighted by atomic mass is 16.1. The Balaban J connectivity index is 1.55. The van der Waals surface area contributed by atoms with Crippen molar-refractivity contribution < 1.29 is 9.59 Å². The van der Waals surface area contributed by atoms with Gasteiger partial charge in [0.15, 0.2) is 11.6 Å². The molecule has 4 aromatic rings. The van der Waals surface area contributed by atoms with Crippen molar-refractivity contribution in [1.29, 1.82) is 0 Å². The second kappa shape index (κ2) is 8.14. The Morgan fingerprint density at radius 2 is 1.66 bits per heavy atom. The number of aryl methyl sites for hydroxylation is 1. The minimum atomic E-state index is -0.0777. The average Bonchev–Trinajstić information content (AvgIpc) is 3.14. The number of carbonyl (C=O) groups excluding carboxylic acids is 2. The minimum absolute atomic E-state index is 0.0414. The van der Waals surface area contributed by atoms with Crippen LogP contribution in [0.4, 0.5) is 0 Å². The van der Waals surface area contributed by atoms with Gasteiger partial charge in [-0.25, -0.2) is 4.98 Å². The van der Waals surface area contributed by atoms with Crippen molar-refractivity contribution in [2.45, 2.75) is 26.2 Å². The largest absolute Gasteiger partial charge is 0.299 e. The maximum atomic E-state index is 13.0. The van der Waals surface area contributed by atoms with Crippen molar-refractivity contribution in [2.75, 3.05) is 0 Å². The van der Waals surface area contributed by atoms with Crippen molar-refractivity contribution in [2.24, 2.45) is 0 Å². The number of ketones is 2. The van der Waals surface area contributed by atoms with E-state index in [0.717, 1.165) is 16.8 Å². The van der Waals surface area contributed by atoms with Crippen LogP contribution in [-0.2, 0) is 0 Å². The fraction of sp³-hybridized carbons (Fsp3) is 0.174. The molecule has 0 radical (unpaired) electrons. The molecule has 0 aliphatic rings.